The predicted molar refractivity (Wildman–Crippen MR) is 115 cm³/mol. The molecule has 9 nitrogen and oxygen atoms in total. The fourth-order valence-corrected chi connectivity index (χ4v) is 4.28. The van der Waals surface area contributed by atoms with Gasteiger partial charge in [-0.2, -0.15) is 5.10 Å². The number of aromatic nitrogens is 2. The number of carbonyl (C=O) groups is 2. The number of nitrogens with zero attached hydrogens (tertiary/aromatic N) is 3. The Kier molecular flexibility index (Phi) is 6.11. The van der Waals surface area contributed by atoms with Crippen LogP contribution in [0.3, 0.4) is 0 Å². The fourth-order valence-electron chi connectivity index (χ4n) is 3.04. The van der Waals surface area contributed by atoms with Gasteiger partial charge in [0.15, 0.2) is 5.82 Å². The Labute approximate surface area is 180 Å². The van der Waals surface area contributed by atoms with Crippen LogP contribution in [0.2, 0.25) is 0 Å². The molecule has 1 heterocycles. The molecule has 0 saturated carbocycles. The highest BCUT2D eigenvalue weighted by atomic mass is 32.2. The van der Waals surface area contributed by atoms with Crippen molar-refractivity contribution in [2.75, 3.05) is 11.4 Å². The molecule has 2 aromatic carbocycles. The second-order valence-corrected chi connectivity index (χ2v) is 8.95. The van der Waals surface area contributed by atoms with Crippen LogP contribution in [0.25, 0.3) is 0 Å². The number of amides is 1. The summed E-state index contributed by atoms with van der Waals surface area (Å²) >= 11 is 0. The van der Waals surface area contributed by atoms with E-state index in [1.807, 2.05) is 6.92 Å². The second kappa shape index (κ2) is 8.60. The average molecular weight is 442 g/mol. The Hall–Kier alpha value is -3.66. The highest BCUT2D eigenvalue weighted by molar-refractivity contribution is 7.92. The molecule has 0 atom stereocenters. The number of anilines is 1. The van der Waals surface area contributed by atoms with E-state index in [-0.39, 0.29) is 28.4 Å². The quantitative estimate of drug-likeness (QED) is 0.578. The highest BCUT2D eigenvalue weighted by Gasteiger charge is 2.28. The Morgan fingerprint density at radius 3 is 2.48 bits per heavy atom. The fraction of sp³-hybridized carbons (Fsp3) is 0.190. The van der Waals surface area contributed by atoms with Crippen LogP contribution >= 0.6 is 0 Å². The van der Waals surface area contributed by atoms with Gasteiger partial charge in [0.2, 0.25) is 0 Å². The van der Waals surface area contributed by atoms with Crippen LogP contribution in [0, 0.1) is 6.92 Å². The van der Waals surface area contributed by atoms with E-state index in [9.17, 15) is 18.0 Å². The van der Waals surface area contributed by atoms with Gasteiger partial charge in [0.25, 0.3) is 15.9 Å². The van der Waals surface area contributed by atoms with Crippen molar-refractivity contribution in [3.05, 3.63) is 77.0 Å². The number of aryl methyl sites for hydroxylation is 2. The molecule has 0 saturated heterocycles. The number of carboxylic acid groups (broad SMARTS) is 1. The van der Waals surface area contributed by atoms with Crippen LogP contribution < -0.4 is 9.62 Å². The van der Waals surface area contributed by atoms with Crippen molar-refractivity contribution in [2.45, 2.75) is 18.4 Å². The maximum Gasteiger partial charge on any atom is 0.335 e. The summed E-state index contributed by atoms with van der Waals surface area (Å²) in [5.41, 5.74) is 1.71. The van der Waals surface area contributed by atoms with Crippen LogP contribution in [0.4, 0.5) is 5.82 Å². The SMILES string of the molecule is Cc1ccc(S(=O)(=O)N(C)c2c(C(=O)NCc3cccc(C(=O)O)c3)cnn2C)cc1. The van der Waals surface area contributed by atoms with Crippen molar-refractivity contribution in [2.24, 2.45) is 7.05 Å². The van der Waals surface area contributed by atoms with E-state index in [2.05, 4.69) is 10.4 Å². The lowest BCUT2D eigenvalue weighted by Crippen LogP contribution is -2.31. The van der Waals surface area contributed by atoms with Crippen molar-refractivity contribution in [3.8, 4) is 0 Å². The van der Waals surface area contributed by atoms with Gasteiger partial charge < -0.3 is 10.4 Å². The number of rotatable bonds is 7. The van der Waals surface area contributed by atoms with Crippen LogP contribution in [-0.2, 0) is 23.6 Å². The van der Waals surface area contributed by atoms with Gasteiger partial charge in [-0.25, -0.2) is 13.2 Å². The lowest BCUT2D eigenvalue weighted by molar-refractivity contribution is 0.0696. The first-order valence-corrected chi connectivity index (χ1v) is 10.7. The zero-order valence-corrected chi connectivity index (χ0v) is 18.0. The molecule has 162 valence electrons. The lowest BCUT2D eigenvalue weighted by Gasteiger charge is -2.21. The van der Waals surface area contributed by atoms with Crippen molar-refractivity contribution in [3.63, 3.8) is 0 Å². The summed E-state index contributed by atoms with van der Waals surface area (Å²) in [7, 11) is -1.01. The minimum atomic E-state index is -3.91. The number of aromatic carboxylic acids is 1. The Bertz CT molecular complexity index is 1230. The minimum Gasteiger partial charge on any atom is -0.478 e. The van der Waals surface area contributed by atoms with Crippen molar-refractivity contribution in [1.29, 1.82) is 0 Å². The third-order valence-electron chi connectivity index (χ3n) is 4.76. The number of hydrogen-bond donors (Lipinski definition) is 2. The molecule has 1 amide bonds. The first-order chi connectivity index (χ1) is 14.6. The molecule has 31 heavy (non-hydrogen) atoms. The van der Waals surface area contributed by atoms with Gasteiger partial charge in [0.1, 0.15) is 5.56 Å². The lowest BCUT2D eigenvalue weighted by atomic mass is 10.1. The molecule has 3 aromatic rings. The topological polar surface area (TPSA) is 122 Å². The van der Waals surface area contributed by atoms with E-state index >= 15 is 0 Å². The van der Waals surface area contributed by atoms with Gasteiger partial charge >= 0.3 is 5.97 Å². The Balaban J connectivity index is 1.84. The maximum atomic E-state index is 13.0. The van der Waals surface area contributed by atoms with Gasteiger partial charge in [-0.15, -0.1) is 0 Å². The van der Waals surface area contributed by atoms with Gasteiger partial charge in [0.05, 0.1) is 16.7 Å². The molecule has 0 aliphatic carbocycles. The molecule has 10 heteroatoms. The van der Waals surface area contributed by atoms with Crippen LogP contribution in [0.15, 0.2) is 59.6 Å². The second-order valence-electron chi connectivity index (χ2n) is 6.98. The molecule has 2 N–H and O–H groups in total. The summed E-state index contributed by atoms with van der Waals surface area (Å²) in [6, 6.07) is 12.6. The summed E-state index contributed by atoms with van der Waals surface area (Å²) in [6.45, 7) is 1.93. The van der Waals surface area contributed by atoms with Crippen LogP contribution in [-0.4, -0.2) is 42.2 Å². The Morgan fingerprint density at radius 2 is 1.84 bits per heavy atom. The van der Waals surface area contributed by atoms with Gasteiger partial charge in [-0.05, 0) is 36.8 Å². The van der Waals surface area contributed by atoms with E-state index in [0.717, 1.165) is 9.87 Å². The molecule has 0 radical (unpaired) electrons. The van der Waals surface area contributed by atoms with Crippen molar-refractivity contribution < 1.29 is 23.1 Å². The molecule has 0 fully saturated rings. The first kappa shape index (κ1) is 22.0. The zero-order chi connectivity index (χ0) is 22.8. The summed E-state index contributed by atoms with van der Waals surface area (Å²) in [5, 5.41) is 15.8. The number of nitrogens with one attached hydrogen (secondary N) is 1. The predicted octanol–water partition coefficient (Wildman–Crippen LogP) is 2.18. The third-order valence-corrected chi connectivity index (χ3v) is 6.52. The van der Waals surface area contributed by atoms with Gasteiger partial charge in [-0.3, -0.25) is 13.8 Å². The van der Waals surface area contributed by atoms with E-state index in [1.54, 1.807) is 31.3 Å². The molecule has 1 aromatic heterocycles. The largest absolute Gasteiger partial charge is 0.478 e. The number of benzene rings is 2. The van der Waals surface area contributed by atoms with Crippen LogP contribution in [0.1, 0.15) is 31.8 Å². The summed E-state index contributed by atoms with van der Waals surface area (Å²) in [4.78, 5) is 24.0. The highest BCUT2D eigenvalue weighted by Crippen LogP contribution is 2.25. The molecule has 3 rings (SSSR count). The number of carbonyl (C=O) groups excluding carboxylic acids is 1. The third kappa shape index (κ3) is 4.58. The maximum absolute atomic E-state index is 13.0. The summed E-state index contributed by atoms with van der Waals surface area (Å²) in [6.07, 6.45) is 1.29. The first-order valence-electron chi connectivity index (χ1n) is 9.29. The van der Waals surface area contributed by atoms with E-state index in [1.165, 1.54) is 42.2 Å². The minimum absolute atomic E-state index is 0.0721. The normalized spacial score (nSPS) is 11.2. The van der Waals surface area contributed by atoms with E-state index in [4.69, 9.17) is 5.11 Å². The van der Waals surface area contributed by atoms with Gasteiger partial charge in [-0.1, -0.05) is 29.8 Å². The zero-order valence-electron chi connectivity index (χ0n) is 17.2. The number of hydrogen-bond acceptors (Lipinski definition) is 5. The van der Waals surface area contributed by atoms with Gasteiger partial charge in [0, 0.05) is 20.6 Å². The number of sulfonamides is 1. The van der Waals surface area contributed by atoms with Crippen molar-refractivity contribution in [1.82, 2.24) is 15.1 Å². The van der Waals surface area contributed by atoms with E-state index < -0.39 is 21.9 Å². The molecular formula is C21H22N4O5S. The molecular weight excluding hydrogens is 420 g/mol. The number of carboxylic acids is 1. The molecule has 0 unspecified atom stereocenters. The Morgan fingerprint density at radius 1 is 1.16 bits per heavy atom. The summed E-state index contributed by atoms with van der Waals surface area (Å²) in [5.74, 6) is -1.49. The monoisotopic (exact) mass is 442 g/mol. The average Bonchev–Trinajstić information content (AvgIpc) is 3.13. The van der Waals surface area contributed by atoms with Crippen LogP contribution in [0.5, 0.6) is 0 Å². The smallest absolute Gasteiger partial charge is 0.335 e. The molecule has 0 bridgehead atoms. The molecule has 0 aliphatic heterocycles. The molecule has 0 aliphatic rings. The summed E-state index contributed by atoms with van der Waals surface area (Å²) < 4.78 is 28.4. The van der Waals surface area contributed by atoms with E-state index in [0.29, 0.717) is 5.56 Å². The molecule has 0 spiro atoms. The van der Waals surface area contributed by atoms with Crippen molar-refractivity contribution >= 4 is 27.7 Å². The standard InChI is InChI=1S/C21H22N4O5S/c1-14-7-9-17(10-8-14)31(29,30)25(3)20-18(13-23-24(20)2)19(26)22-12-15-5-4-6-16(11-15)21(27)28/h4-11,13H,12H2,1-3H3,(H,22,26)(H,27,28).